The van der Waals surface area contributed by atoms with Gasteiger partial charge >= 0.3 is 0 Å². The first kappa shape index (κ1) is 15.4. The smallest absolute Gasteiger partial charge is 0.245 e. The SMILES string of the molecule is CC1C(=O)N2C(C)C(=O)N(C)CC2N1C.II. The second-order valence-corrected chi connectivity index (χ2v) is 4.46. The van der Waals surface area contributed by atoms with Crippen molar-refractivity contribution >= 4 is 49.0 Å². The molecule has 2 aliphatic rings. The summed E-state index contributed by atoms with van der Waals surface area (Å²) in [5.74, 6) is 0.0959. The van der Waals surface area contributed by atoms with Gasteiger partial charge < -0.3 is 9.80 Å². The molecule has 0 aromatic carbocycles. The number of piperazine rings is 1. The zero-order chi connectivity index (χ0) is 13.3. The van der Waals surface area contributed by atoms with Crippen LogP contribution in [0.2, 0.25) is 0 Å². The van der Waals surface area contributed by atoms with Crippen LogP contribution in [0.3, 0.4) is 0 Å². The molecule has 0 spiro atoms. The van der Waals surface area contributed by atoms with Gasteiger partial charge in [0.05, 0.1) is 12.6 Å². The summed E-state index contributed by atoms with van der Waals surface area (Å²) in [7, 11) is 3.72. The van der Waals surface area contributed by atoms with E-state index < -0.39 is 0 Å². The first-order chi connectivity index (χ1) is 7.95. The van der Waals surface area contributed by atoms with E-state index in [9.17, 15) is 9.59 Å². The van der Waals surface area contributed by atoms with Crippen molar-refractivity contribution in [3.05, 3.63) is 0 Å². The maximum atomic E-state index is 11.9. The van der Waals surface area contributed by atoms with E-state index in [1.807, 2.05) is 18.9 Å². The average molecular weight is 465 g/mol. The topological polar surface area (TPSA) is 43.9 Å². The number of rotatable bonds is 0. The summed E-state index contributed by atoms with van der Waals surface area (Å²) >= 11 is 4.24. The maximum absolute atomic E-state index is 11.9. The predicted octanol–water partition coefficient (Wildman–Crippen LogP) is 1.11. The average Bonchev–Trinajstić information content (AvgIpc) is 2.54. The Morgan fingerprint density at radius 1 is 1.06 bits per heavy atom. The fraction of sp³-hybridized carbons (Fsp3) is 0.800. The van der Waals surface area contributed by atoms with E-state index in [2.05, 4.69) is 37.2 Å². The number of fused-ring (bicyclic) bond motifs is 1. The minimum atomic E-state index is -0.325. The van der Waals surface area contributed by atoms with E-state index in [4.69, 9.17) is 0 Å². The molecule has 3 unspecified atom stereocenters. The van der Waals surface area contributed by atoms with Gasteiger partial charge in [-0.25, -0.2) is 0 Å². The molecular weight excluding hydrogens is 448 g/mol. The van der Waals surface area contributed by atoms with Crippen LogP contribution < -0.4 is 0 Å². The lowest BCUT2D eigenvalue weighted by atomic mass is 10.1. The van der Waals surface area contributed by atoms with Gasteiger partial charge in [0.15, 0.2) is 0 Å². The maximum Gasteiger partial charge on any atom is 0.245 e. The molecule has 3 atom stereocenters. The highest BCUT2D eigenvalue weighted by Gasteiger charge is 2.49. The van der Waals surface area contributed by atoms with Crippen LogP contribution in [0.4, 0.5) is 0 Å². The molecule has 2 heterocycles. The molecule has 98 valence electrons. The first-order valence-corrected chi connectivity index (χ1v) is 11.7. The normalized spacial score (nSPS) is 33.4. The number of hydrogen-bond acceptors (Lipinski definition) is 3. The summed E-state index contributed by atoms with van der Waals surface area (Å²) in [6, 6.07) is -0.439. The van der Waals surface area contributed by atoms with Crippen LogP contribution >= 0.6 is 37.2 Å². The van der Waals surface area contributed by atoms with Gasteiger partial charge in [0.1, 0.15) is 12.2 Å². The molecule has 0 radical (unpaired) electrons. The molecule has 0 aliphatic carbocycles. The van der Waals surface area contributed by atoms with E-state index >= 15 is 0 Å². The summed E-state index contributed by atoms with van der Waals surface area (Å²) in [5, 5.41) is 0. The van der Waals surface area contributed by atoms with Gasteiger partial charge in [-0.15, -0.1) is 0 Å². The molecule has 2 saturated heterocycles. The Kier molecular flexibility index (Phi) is 5.44. The Labute approximate surface area is 125 Å². The third kappa shape index (κ3) is 2.55. The summed E-state index contributed by atoms with van der Waals surface area (Å²) in [6.07, 6.45) is 0.0465. The van der Waals surface area contributed by atoms with Gasteiger partial charge in [0.2, 0.25) is 11.8 Å². The van der Waals surface area contributed by atoms with Crippen molar-refractivity contribution in [1.29, 1.82) is 0 Å². The van der Waals surface area contributed by atoms with Crippen LogP contribution in [-0.2, 0) is 9.59 Å². The molecule has 5 nitrogen and oxygen atoms in total. The Balaban J connectivity index is 0.000000686. The molecule has 0 saturated carbocycles. The van der Waals surface area contributed by atoms with Crippen LogP contribution in [0.1, 0.15) is 13.8 Å². The lowest BCUT2D eigenvalue weighted by Gasteiger charge is -2.41. The molecular formula is C10H17I2N3O2. The second kappa shape index (κ2) is 6.00. The number of nitrogens with zero attached hydrogens (tertiary/aromatic N) is 3. The number of halogens is 2. The quantitative estimate of drug-likeness (QED) is 0.504. The van der Waals surface area contributed by atoms with Gasteiger partial charge in [-0.3, -0.25) is 14.5 Å². The molecule has 2 amide bonds. The Morgan fingerprint density at radius 3 is 2.12 bits per heavy atom. The van der Waals surface area contributed by atoms with Crippen LogP contribution in [0, 0.1) is 0 Å². The number of amides is 2. The van der Waals surface area contributed by atoms with Gasteiger partial charge in [0.25, 0.3) is 0 Å². The van der Waals surface area contributed by atoms with Crippen molar-refractivity contribution in [2.75, 3.05) is 20.6 Å². The molecule has 0 aromatic rings. The summed E-state index contributed by atoms with van der Waals surface area (Å²) in [4.78, 5) is 29.1. The summed E-state index contributed by atoms with van der Waals surface area (Å²) in [6.45, 7) is 4.29. The second-order valence-electron chi connectivity index (χ2n) is 4.46. The van der Waals surface area contributed by atoms with Crippen molar-refractivity contribution in [1.82, 2.24) is 14.7 Å². The Morgan fingerprint density at radius 2 is 1.59 bits per heavy atom. The number of likely N-dealkylation sites (N-methyl/N-ethyl adjacent to an activating group) is 2. The molecule has 0 aromatic heterocycles. The highest BCUT2D eigenvalue weighted by atomic mass is 128. The molecule has 17 heavy (non-hydrogen) atoms. The van der Waals surface area contributed by atoms with Crippen molar-refractivity contribution in [2.45, 2.75) is 32.1 Å². The number of hydrogen-bond donors (Lipinski definition) is 0. The lowest BCUT2D eigenvalue weighted by molar-refractivity contribution is -0.150. The van der Waals surface area contributed by atoms with Gasteiger partial charge in [-0.2, -0.15) is 0 Å². The fourth-order valence-corrected chi connectivity index (χ4v) is 2.43. The zero-order valence-electron chi connectivity index (χ0n) is 10.4. The number of carbonyl (C=O) groups is 2. The molecule has 2 aliphatic heterocycles. The summed E-state index contributed by atoms with van der Waals surface area (Å²) < 4.78 is 0. The van der Waals surface area contributed by atoms with E-state index in [0.717, 1.165) is 0 Å². The van der Waals surface area contributed by atoms with E-state index in [-0.39, 0.29) is 30.1 Å². The van der Waals surface area contributed by atoms with Gasteiger partial charge in [-0.1, -0.05) is 0 Å². The van der Waals surface area contributed by atoms with Crippen molar-refractivity contribution < 1.29 is 9.59 Å². The minimum Gasteiger partial charge on any atom is -0.341 e. The van der Waals surface area contributed by atoms with E-state index in [1.54, 1.807) is 23.8 Å². The number of carbonyl (C=O) groups excluding carboxylic acids is 2. The molecule has 2 fully saturated rings. The van der Waals surface area contributed by atoms with Gasteiger partial charge in [-0.05, 0) is 20.9 Å². The van der Waals surface area contributed by atoms with Crippen LogP contribution in [0.25, 0.3) is 0 Å². The largest absolute Gasteiger partial charge is 0.341 e. The first-order valence-electron chi connectivity index (χ1n) is 5.38. The Bertz CT molecular complexity index is 327. The lowest BCUT2D eigenvalue weighted by Crippen LogP contribution is -2.60. The molecule has 7 heteroatoms. The predicted molar refractivity (Wildman–Crippen MR) is 83.0 cm³/mol. The van der Waals surface area contributed by atoms with Crippen molar-refractivity contribution in [2.24, 2.45) is 0 Å². The standard InChI is InChI=1S/C10H17N3O2.I2/c1-6-10(15)13-7(2)9(14)11(3)5-8(13)12(6)4;1-2/h6-8H,5H2,1-4H3;. The molecule has 0 bridgehead atoms. The van der Waals surface area contributed by atoms with Crippen LogP contribution in [-0.4, -0.2) is 65.4 Å². The highest BCUT2D eigenvalue weighted by molar-refractivity contribution is 15.0. The fourth-order valence-electron chi connectivity index (χ4n) is 2.43. The molecule has 0 N–H and O–H groups in total. The van der Waals surface area contributed by atoms with E-state index in [1.165, 1.54) is 0 Å². The van der Waals surface area contributed by atoms with Crippen LogP contribution in [0.5, 0.6) is 0 Å². The highest BCUT2D eigenvalue weighted by Crippen LogP contribution is 2.27. The van der Waals surface area contributed by atoms with Crippen LogP contribution in [0.15, 0.2) is 0 Å². The van der Waals surface area contributed by atoms with Crippen molar-refractivity contribution in [3.63, 3.8) is 0 Å². The monoisotopic (exact) mass is 465 g/mol. The third-order valence-corrected chi connectivity index (χ3v) is 3.60. The van der Waals surface area contributed by atoms with Gasteiger partial charge in [0, 0.05) is 44.3 Å². The third-order valence-electron chi connectivity index (χ3n) is 3.60. The Hall–Kier alpha value is 0.360. The zero-order valence-corrected chi connectivity index (χ0v) is 14.7. The van der Waals surface area contributed by atoms with E-state index in [0.29, 0.717) is 6.54 Å². The molecule has 2 rings (SSSR count). The minimum absolute atomic E-state index is 0.0297. The van der Waals surface area contributed by atoms with Crippen molar-refractivity contribution in [3.8, 4) is 0 Å². The summed E-state index contributed by atoms with van der Waals surface area (Å²) in [5.41, 5.74) is 0.